The molecule has 4 rings (SSSR count). The Kier molecular flexibility index (Phi) is 3.76. The number of aromatic nitrogens is 1. The lowest BCUT2D eigenvalue weighted by molar-refractivity contribution is -0.125. The number of fused-ring (bicyclic) bond motifs is 2. The molecule has 1 aliphatic carbocycles. The van der Waals surface area contributed by atoms with E-state index in [-0.39, 0.29) is 23.7 Å². The maximum atomic E-state index is 12.5. The molecule has 0 saturated heterocycles. The van der Waals surface area contributed by atoms with Crippen molar-refractivity contribution in [3.05, 3.63) is 34.8 Å². The van der Waals surface area contributed by atoms with E-state index in [4.69, 9.17) is 9.47 Å². The van der Waals surface area contributed by atoms with Crippen LogP contribution in [0.1, 0.15) is 35.6 Å². The second kappa shape index (κ2) is 5.84. The number of ether oxygens (including phenoxy) is 2. The monoisotopic (exact) mass is 358 g/mol. The number of anilines is 1. The van der Waals surface area contributed by atoms with E-state index in [1.165, 1.54) is 11.3 Å². The van der Waals surface area contributed by atoms with E-state index in [9.17, 15) is 9.59 Å². The van der Waals surface area contributed by atoms with E-state index in [1.807, 2.05) is 12.1 Å². The molecule has 130 valence electrons. The lowest BCUT2D eigenvalue weighted by Crippen LogP contribution is -2.40. The minimum absolute atomic E-state index is 0.0930. The van der Waals surface area contributed by atoms with E-state index in [0.29, 0.717) is 27.9 Å². The predicted octanol–water partition coefficient (Wildman–Crippen LogP) is 3.08. The third kappa shape index (κ3) is 3.11. The molecule has 0 fully saturated rings. The number of nitrogens with one attached hydrogen (secondary N) is 1. The largest absolute Gasteiger partial charge is 0.485 e. The summed E-state index contributed by atoms with van der Waals surface area (Å²) in [6.07, 6.45) is 0.492. The molecule has 0 radical (unpaired) electrons. The summed E-state index contributed by atoms with van der Waals surface area (Å²) in [5.74, 6) is 0.941. The van der Waals surface area contributed by atoms with Gasteiger partial charge in [-0.15, -0.1) is 0 Å². The van der Waals surface area contributed by atoms with Crippen molar-refractivity contribution < 1.29 is 19.1 Å². The summed E-state index contributed by atoms with van der Waals surface area (Å²) in [5.41, 5.74) is 0.677. The van der Waals surface area contributed by atoms with Gasteiger partial charge in [0.15, 0.2) is 22.4 Å². The Morgan fingerprint density at radius 2 is 2.04 bits per heavy atom. The third-order valence-corrected chi connectivity index (χ3v) is 5.32. The van der Waals surface area contributed by atoms with Crippen LogP contribution < -0.4 is 14.8 Å². The van der Waals surface area contributed by atoms with Crippen molar-refractivity contribution in [2.24, 2.45) is 5.41 Å². The van der Waals surface area contributed by atoms with Crippen molar-refractivity contribution in [2.75, 3.05) is 11.9 Å². The first-order valence-corrected chi connectivity index (χ1v) is 8.95. The number of benzene rings is 1. The molecule has 1 aliphatic heterocycles. The van der Waals surface area contributed by atoms with Gasteiger partial charge in [-0.25, -0.2) is 4.98 Å². The molecular weight excluding hydrogens is 340 g/mol. The second-order valence-electron chi connectivity index (χ2n) is 7.09. The van der Waals surface area contributed by atoms with Crippen LogP contribution in [0.15, 0.2) is 24.3 Å². The average molecular weight is 358 g/mol. The molecule has 0 saturated carbocycles. The van der Waals surface area contributed by atoms with Crippen LogP contribution in [0.25, 0.3) is 0 Å². The van der Waals surface area contributed by atoms with E-state index >= 15 is 0 Å². The first kappa shape index (κ1) is 16.1. The Hall–Kier alpha value is -2.41. The summed E-state index contributed by atoms with van der Waals surface area (Å²) in [5, 5.41) is 3.19. The minimum atomic E-state index is -0.747. The van der Waals surface area contributed by atoms with Crippen LogP contribution in [0.3, 0.4) is 0 Å². The van der Waals surface area contributed by atoms with Gasteiger partial charge in [-0.1, -0.05) is 37.3 Å². The summed E-state index contributed by atoms with van der Waals surface area (Å²) >= 11 is 1.23. The number of carbonyl (C=O) groups is 2. The number of Topliss-reactive ketones (excluding diaryl/α,β-unsaturated/α-hetero) is 1. The van der Waals surface area contributed by atoms with Gasteiger partial charge >= 0.3 is 0 Å². The van der Waals surface area contributed by atoms with Crippen molar-refractivity contribution in [2.45, 2.75) is 32.8 Å². The van der Waals surface area contributed by atoms with Crippen molar-refractivity contribution in [1.82, 2.24) is 4.98 Å². The zero-order valence-corrected chi connectivity index (χ0v) is 14.8. The highest BCUT2D eigenvalue weighted by molar-refractivity contribution is 7.17. The van der Waals surface area contributed by atoms with Gasteiger partial charge in [0.05, 0.1) is 10.6 Å². The van der Waals surface area contributed by atoms with Crippen molar-refractivity contribution in [3.8, 4) is 11.5 Å². The van der Waals surface area contributed by atoms with Gasteiger partial charge < -0.3 is 9.47 Å². The number of thiazole rings is 1. The number of hydrogen-bond donors (Lipinski definition) is 1. The van der Waals surface area contributed by atoms with Gasteiger partial charge in [-0.3, -0.25) is 14.9 Å². The van der Waals surface area contributed by atoms with Gasteiger partial charge in [0.2, 0.25) is 6.10 Å². The Bertz CT molecular complexity index is 859. The molecule has 1 N–H and O–H groups in total. The van der Waals surface area contributed by atoms with Gasteiger partial charge in [0.1, 0.15) is 6.61 Å². The number of nitrogens with zero attached hydrogens (tertiary/aromatic N) is 1. The van der Waals surface area contributed by atoms with Crippen molar-refractivity contribution >= 4 is 28.2 Å². The summed E-state index contributed by atoms with van der Waals surface area (Å²) in [7, 11) is 0. The molecule has 1 atom stereocenters. The molecule has 2 aliphatic rings. The van der Waals surface area contributed by atoms with Crippen LogP contribution in [0.4, 0.5) is 5.13 Å². The highest BCUT2D eigenvalue weighted by Crippen LogP contribution is 2.38. The van der Waals surface area contributed by atoms with E-state index in [1.54, 1.807) is 12.1 Å². The normalized spacial score (nSPS) is 20.7. The van der Waals surface area contributed by atoms with Gasteiger partial charge in [-0.05, 0) is 24.0 Å². The predicted molar refractivity (Wildman–Crippen MR) is 93.5 cm³/mol. The lowest BCUT2D eigenvalue weighted by atomic mass is 9.78. The molecule has 2 aromatic rings. The number of ketones is 1. The summed E-state index contributed by atoms with van der Waals surface area (Å²) < 4.78 is 11.3. The van der Waals surface area contributed by atoms with Crippen molar-refractivity contribution in [3.63, 3.8) is 0 Å². The fourth-order valence-corrected chi connectivity index (χ4v) is 4.03. The number of hydrogen-bond acceptors (Lipinski definition) is 6. The molecule has 25 heavy (non-hydrogen) atoms. The summed E-state index contributed by atoms with van der Waals surface area (Å²) in [6.45, 7) is 4.24. The van der Waals surface area contributed by atoms with Crippen molar-refractivity contribution in [1.29, 1.82) is 0 Å². The highest BCUT2D eigenvalue weighted by Gasteiger charge is 2.35. The number of carbonyl (C=O) groups excluding carboxylic acids is 2. The standard InChI is InChI=1S/C18H18N2O4S/c1-18(2)7-10-15(11(21)8-18)25-17(19-10)20-16(22)14-9-23-12-5-3-4-6-13(12)24-14/h3-6,14H,7-9H2,1-2H3,(H,19,20,22)/t14-/m0/s1. The smallest absolute Gasteiger partial charge is 0.270 e. The molecule has 0 unspecified atom stereocenters. The zero-order chi connectivity index (χ0) is 17.6. The van der Waals surface area contributed by atoms with Gasteiger partial charge in [0.25, 0.3) is 5.91 Å². The highest BCUT2D eigenvalue weighted by atomic mass is 32.1. The Labute approximate surface area is 149 Å². The maximum Gasteiger partial charge on any atom is 0.270 e. The number of rotatable bonds is 2. The summed E-state index contributed by atoms with van der Waals surface area (Å²) in [4.78, 5) is 29.8. The SMILES string of the molecule is CC1(C)CC(=O)c2sc(NC(=O)[C@@H]3COc4ccccc4O3)nc2C1. The minimum Gasteiger partial charge on any atom is -0.485 e. The van der Waals surface area contributed by atoms with Crippen LogP contribution in [-0.4, -0.2) is 29.4 Å². The molecule has 6 nitrogen and oxygen atoms in total. The fraction of sp³-hybridized carbons (Fsp3) is 0.389. The van der Waals surface area contributed by atoms with Crippen LogP contribution in [-0.2, 0) is 11.2 Å². The Morgan fingerprint density at radius 1 is 1.28 bits per heavy atom. The number of para-hydroxylation sites is 2. The van der Waals surface area contributed by atoms with Gasteiger partial charge in [0, 0.05) is 6.42 Å². The number of amides is 1. The molecule has 2 heterocycles. The van der Waals surface area contributed by atoms with Crippen LogP contribution >= 0.6 is 11.3 Å². The first-order valence-electron chi connectivity index (χ1n) is 8.13. The Balaban J connectivity index is 1.49. The molecule has 7 heteroatoms. The third-order valence-electron chi connectivity index (χ3n) is 4.27. The van der Waals surface area contributed by atoms with Crippen LogP contribution in [0, 0.1) is 5.41 Å². The molecule has 0 bridgehead atoms. The quantitative estimate of drug-likeness (QED) is 0.893. The second-order valence-corrected chi connectivity index (χ2v) is 8.09. The molecule has 1 aromatic heterocycles. The average Bonchev–Trinajstić information content (AvgIpc) is 2.95. The zero-order valence-electron chi connectivity index (χ0n) is 14.0. The maximum absolute atomic E-state index is 12.5. The molecule has 0 spiro atoms. The lowest BCUT2D eigenvalue weighted by Gasteiger charge is -2.26. The molecular formula is C18H18N2O4S. The van der Waals surface area contributed by atoms with Gasteiger partial charge in [-0.2, -0.15) is 0 Å². The fourth-order valence-electron chi connectivity index (χ4n) is 3.11. The van der Waals surface area contributed by atoms with E-state index in [2.05, 4.69) is 24.1 Å². The first-order chi connectivity index (χ1) is 11.9. The topological polar surface area (TPSA) is 77.5 Å². The summed E-state index contributed by atoms with van der Waals surface area (Å²) in [6, 6.07) is 7.23. The molecule has 1 amide bonds. The molecule has 1 aromatic carbocycles. The van der Waals surface area contributed by atoms with E-state index in [0.717, 1.165) is 12.1 Å². The Morgan fingerprint density at radius 3 is 2.84 bits per heavy atom. The van der Waals surface area contributed by atoms with E-state index < -0.39 is 6.10 Å². The van der Waals surface area contributed by atoms with Crippen LogP contribution in [0.5, 0.6) is 11.5 Å². The van der Waals surface area contributed by atoms with Crippen LogP contribution in [0.2, 0.25) is 0 Å².